The molecular formula is C14H10BrClN2O3. The number of nitro benzene ring substituents is 1. The van der Waals surface area contributed by atoms with Crippen molar-refractivity contribution in [1.82, 2.24) is 0 Å². The molecule has 2 aromatic rings. The van der Waals surface area contributed by atoms with Gasteiger partial charge in [0.05, 0.1) is 4.92 Å². The highest BCUT2D eigenvalue weighted by Crippen LogP contribution is 2.28. The maximum absolute atomic E-state index is 12.1. The lowest BCUT2D eigenvalue weighted by Gasteiger charge is -2.07. The van der Waals surface area contributed by atoms with Crippen LogP contribution in [-0.4, -0.2) is 10.8 Å². The summed E-state index contributed by atoms with van der Waals surface area (Å²) in [5, 5.41) is 13.5. The van der Waals surface area contributed by atoms with Gasteiger partial charge in [-0.05, 0) is 29.8 Å². The van der Waals surface area contributed by atoms with Crippen molar-refractivity contribution >= 4 is 44.8 Å². The largest absolute Gasteiger partial charge is 0.316 e. The van der Waals surface area contributed by atoms with Gasteiger partial charge in [-0.2, -0.15) is 0 Å². The monoisotopic (exact) mass is 368 g/mol. The van der Waals surface area contributed by atoms with E-state index in [-0.39, 0.29) is 11.4 Å². The molecule has 2 aromatic carbocycles. The normalized spacial score (nSPS) is 10.2. The number of anilines is 1. The predicted molar refractivity (Wildman–Crippen MR) is 84.7 cm³/mol. The third kappa shape index (κ3) is 3.80. The van der Waals surface area contributed by atoms with Crippen LogP contribution in [0.25, 0.3) is 0 Å². The minimum atomic E-state index is -0.545. The summed E-state index contributed by atoms with van der Waals surface area (Å²) in [7, 11) is 0. The number of rotatable bonds is 4. The highest BCUT2D eigenvalue weighted by molar-refractivity contribution is 9.10. The number of hydrogen-bond donors (Lipinski definition) is 1. The van der Waals surface area contributed by atoms with E-state index in [0.717, 1.165) is 5.56 Å². The Morgan fingerprint density at radius 2 is 1.90 bits per heavy atom. The zero-order valence-corrected chi connectivity index (χ0v) is 13.0. The van der Waals surface area contributed by atoms with Crippen molar-refractivity contribution in [3.8, 4) is 0 Å². The van der Waals surface area contributed by atoms with Gasteiger partial charge in [-0.1, -0.05) is 28.1 Å². The molecule has 5 nitrogen and oxygen atoms in total. The Hall–Kier alpha value is -1.92. The lowest BCUT2D eigenvalue weighted by atomic mass is 10.1. The van der Waals surface area contributed by atoms with E-state index in [9.17, 15) is 14.9 Å². The van der Waals surface area contributed by atoms with Crippen LogP contribution in [0.1, 0.15) is 15.9 Å². The molecule has 0 aliphatic rings. The molecule has 0 saturated heterocycles. The minimum Gasteiger partial charge on any atom is -0.316 e. The maximum atomic E-state index is 12.1. The highest BCUT2D eigenvalue weighted by atomic mass is 79.9. The summed E-state index contributed by atoms with van der Waals surface area (Å²) in [6.45, 7) is 0. The van der Waals surface area contributed by atoms with Crippen molar-refractivity contribution in [1.29, 1.82) is 0 Å². The summed E-state index contributed by atoms with van der Waals surface area (Å²) in [6.07, 6.45) is 0. The number of halogens is 2. The molecule has 0 aliphatic heterocycles. The van der Waals surface area contributed by atoms with Gasteiger partial charge in [-0.25, -0.2) is 0 Å². The summed E-state index contributed by atoms with van der Waals surface area (Å²) in [6, 6.07) is 11.2. The number of nitrogens with one attached hydrogen (secondary N) is 1. The second-order valence-electron chi connectivity index (χ2n) is 4.20. The van der Waals surface area contributed by atoms with E-state index in [1.807, 2.05) is 0 Å². The lowest BCUT2D eigenvalue weighted by Crippen LogP contribution is -2.13. The summed E-state index contributed by atoms with van der Waals surface area (Å²) < 4.78 is 0.568. The molecule has 0 aromatic heterocycles. The summed E-state index contributed by atoms with van der Waals surface area (Å²) in [5.74, 6) is -0.0540. The van der Waals surface area contributed by atoms with Crippen LogP contribution in [0.15, 0.2) is 46.9 Å². The molecule has 1 N–H and O–H groups in total. The lowest BCUT2D eigenvalue weighted by molar-refractivity contribution is -0.384. The number of carbonyl (C=O) groups excluding carboxylic acids is 1. The van der Waals surface area contributed by atoms with Gasteiger partial charge in [0.15, 0.2) is 0 Å². The average molecular weight is 370 g/mol. The van der Waals surface area contributed by atoms with E-state index in [0.29, 0.717) is 15.9 Å². The van der Waals surface area contributed by atoms with Crippen LogP contribution in [0.5, 0.6) is 0 Å². The van der Waals surface area contributed by atoms with Gasteiger partial charge in [0.2, 0.25) is 0 Å². The first kappa shape index (κ1) is 15.5. The number of benzene rings is 2. The molecule has 0 bridgehead atoms. The zero-order chi connectivity index (χ0) is 15.4. The molecule has 0 saturated carbocycles. The van der Waals surface area contributed by atoms with E-state index < -0.39 is 10.8 Å². The molecule has 0 unspecified atom stereocenters. The minimum absolute atomic E-state index is 0.148. The fourth-order valence-corrected chi connectivity index (χ4v) is 2.23. The van der Waals surface area contributed by atoms with E-state index in [4.69, 9.17) is 11.6 Å². The Bertz CT molecular complexity index is 689. The van der Waals surface area contributed by atoms with Gasteiger partial charge in [-0.15, -0.1) is 11.6 Å². The summed E-state index contributed by atoms with van der Waals surface area (Å²) in [4.78, 5) is 22.5. The van der Waals surface area contributed by atoms with Crippen molar-refractivity contribution in [2.45, 2.75) is 5.88 Å². The first-order chi connectivity index (χ1) is 10.0. The molecule has 108 valence electrons. The van der Waals surface area contributed by atoms with Crippen LogP contribution in [0.4, 0.5) is 11.4 Å². The van der Waals surface area contributed by atoms with Crippen LogP contribution in [-0.2, 0) is 5.88 Å². The molecule has 7 heteroatoms. The van der Waals surface area contributed by atoms with Gasteiger partial charge < -0.3 is 5.32 Å². The second kappa shape index (κ2) is 6.69. The molecule has 0 spiro atoms. The SMILES string of the molecule is O=C(Nc1ccc(Br)cc1[N+](=O)[O-])c1ccc(CCl)cc1. The van der Waals surface area contributed by atoms with E-state index >= 15 is 0 Å². The molecule has 2 rings (SSSR count). The first-order valence-corrected chi connectivity index (χ1v) is 7.24. The highest BCUT2D eigenvalue weighted by Gasteiger charge is 2.17. The molecule has 0 atom stereocenters. The van der Waals surface area contributed by atoms with Crippen molar-refractivity contribution in [3.63, 3.8) is 0 Å². The van der Waals surface area contributed by atoms with E-state index in [2.05, 4.69) is 21.2 Å². The molecular weight excluding hydrogens is 360 g/mol. The zero-order valence-electron chi connectivity index (χ0n) is 10.7. The first-order valence-electron chi connectivity index (χ1n) is 5.91. The molecule has 0 heterocycles. The summed E-state index contributed by atoms with van der Waals surface area (Å²) >= 11 is 8.84. The van der Waals surface area contributed by atoms with Crippen molar-refractivity contribution < 1.29 is 9.72 Å². The van der Waals surface area contributed by atoms with Crippen LogP contribution in [0.3, 0.4) is 0 Å². The van der Waals surface area contributed by atoms with Gasteiger partial charge in [0.25, 0.3) is 11.6 Å². The third-order valence-corrected chi connectivity index (χ3v) is 3.58. The number of nitro groups is 1. The standard InChI is InChI=1S/C14H10BrClN2O3/c15-11-5-6-12(13(7-11)18(20)21)17-14(19)10-3-1-9(8-16)2-4-10/h1-7H,8H2,(H,17,19). The van der Waals surface area contributed by atoms with Gasteiger partial charge >= 0.3 is 0 Å². The van der Waals surface area contributed by atoms with Crippen LogP contribution in [0, 0.1) is 10.1 Å². The van der Waals surface area contributed by atoms with Gasteiger partial charge in [-0.3, -0.25) is 14.9 Å². The van der Waals surface area contributed by atoms with Crippen LogP contribution < -0.4 is 5.32 Å². The van der Waals surface area contributed by atoms with Crippen molar-refractivity contribution in [2.24, 2.45) is 0 Å². The average Bonchev–Trinajstić information content (AvgIpc) is 2.49. The Kier molecular flexibility index (Phi) is 4.93. The Morgan fingerprint density at radius 1 is 1.24 bits per heavy atom. The molecule has 0 fully saturated rings. The third-order valence-electron chi connectivity index (χ3n) is 2.78. The Balaban J connectivity index is 2.24. The molecule has 0 radical (unpaired) electrons. The molecule has 21 heavy (non-hydrogen) atoms. The number of carbonyl (C=O) groups is 1. The number of nitrogens with zero attached hydrogens (tertiary/aromatic N) is 1. The number of alkyl halides is 1. The Labute approximate surface area is 134 Å². The smallest absolute Gasteiger partial charge is 0.293 e. The van der Waals surface area contributed by atoms with Crippen LogP contribution in [0.2, 0.25) is 0 Å². The van der Waals surface area contributed by atoms with E-state index in [1.165, 1.54) is 12.1 Å². The van der Waals surface area contributed by atoms with E-state index in [1.54, 1.807) is 30.3 Å². The molecule has 0 aliphatic carbocycles. The van der Waals surface area contributed by atoms with Gasteiger partial charge in [0, 0.05) is 22.0 Å². The fourth-order valence-electron chi connectivity index (χ4n) is 1.70. The fraction of sp³-hybridized carbons (Fsp3) is 0.0714. The van der Waals surface area contributed by atoms with Crippen molar-refractivity contribution in [3.05, 3.63) is 68.2 Å². The van der Waals surface area contributed by atoms with Gasteiger partial charge in [0.1, 0.15) is 5.69 Å². The second-order valence-corrected chi connectivity index (χ2v) is 5.39. The van der Waals surface area contributed by atoms with Crippen molar-refractivity contribution in [2.75, 3.05) is 5.32 Å². The maximum Gasteiger partial charge on any atom is 0.293 e. The quantitative estimate of drug-likeness (QED) is 0.495. The topological polar surface area (TPSA) is 72.2 Å². The molecule has 1 amide bonds. The number of hydrogen-bond acceptors (Lipinski definition) is 3. The number of amides is 1. The predicted octanol–water partition coefficient (Wildman–Crippen LogP) is 4.35. The Morgan fingerprint density at radius 3 is 2.48 bits per heavy atom. The van der Waals surface area contributed by atoms with Crippen LogP contribution >= 0.6 is 27.5 Å². The summed E-state index contributed by atoms with van der Waals surface area (Å²) in [5.41, 5.74) is 1.27.